The SMILES string of the molecule is COc1cc2c(cc1O)C(c1ccc(Cl)cc1)N(c1ccc(C)cc1OCC#N)C(=O)C2. The predicted octanol–water partition coefficient (Wildman–Crippen LogP) is 4.94. The fourth-order valence-electron chi connectivity index (χ4n) is 4.02. The number of aromatic hydroxyl groups is 1. The van der Waals surface area contributed by atoms with E-state index in [-0.39, 0.29) is 24.7 Å². The molecular weight excluding hydrogens is 428 g/mol. The van der Waals surface area contributed by atoms with E-state index >= 15 is 0 Å². The molecule has 0 spiro atoms. The molecule has 0 aromatic heterocycles. The molecule has 0 fully saturated rings. The number of rotatable bonds is 5. The summed E-state index contributed by atoms with van der Waals surface area (Å²) in [6, 6.07) is 17.5. The van der Waals surface area contributed by atoms with Crippen molar-refractivity contribution in [2.75, 3.05) is 18.6 Å². The van der Waals surface area contributed by atoms with Crippen LogP contribution in [0, 0.1) is 18.3 Å². The molecule has 1 amide bonds. The number of aryl methyl sites for hydroxylation is 1. The van der Waals surface area contributed by atoms with E-state index in [0.29, 0.717) is 22.2 Å². The lowest BCUT2D eigenvalue weighted by atomic mass is 9.86. The highest BCUT2D eigenvalue weighted by Gasteiger charge is 2.37. The zero-order chi connectivity index (χ0) is 22.8. The van der Waals surface area contributed by atoms with Gasteiger partial charge in [-0.25, -0.2) is 0 Å². The van der Waals surface area contributed by atoms with Gasteiger partial charge in [-0.15, -0.1) is 0 Å². The van der Waals surface area contributed by atoms with Crippen LogP contribution in [0.3, 0.4) is 0 Å². The second-order valence-corrected chi connectivity index (χ2v) is 7.97. The number of halogens is 1. The summed E-state index contributed by atoms with van der Waals surface area (Å²) in [4.78, 5) is 15.1. The first kappa shape index (κ1) is 21.5. The van der Waals surface area contributed by atoms with Crippen molar-refractivity contribution >= 4 is 23.2 Å². The first-order chi connectivity index (χ1) is 15.4. The van der Waals surface area contributed by atoms with Gasteiger partial charge in [-0.1, -0.05) is 29.8 Å². The van der Waals surface area contributed by atoms with Gasteiger partial charge in [0.05, 0.1) is 25.3 Å². The van der Waals surface area contributed by atoms with Gasteiger partial charge in [0.2, 0.25) is 5.91 Å². The van der Waals surface area contributed by atoms with Gasteiger partial charge in [0.1, 0.15) is 11.8 Å². The van der Waals surface area contributed by atoms with Gasteiger partial charge in [-0.2, -0.15) is 5.26 Å². The summed E-state index contributed by atoms with van der Waals surface area (Å²) in [7, 11) is 1.47. The second-order valence-electron chi connectivity index (χ2n) is 7.54. The minimum Gasteiger partial charge on any atom is -0.504 e. The molecule has 3 aromatic rings. The summed E-state index contributed by atoms with van der Waals surface area (Å²) in [6.07, 6.45) is 0.127. The van der Waals surface area contributed by atoms with E-state index in [2.05, 4.69) is 0 Å². The van der Waals surface area contributed by atoms with E-state index in [1.807, 2.05) is 37.3 Å². The van der Waals surface area contributed by atoms with Gasteiger partial charge in [-0.05, 0) is 65.6 Å². The molecule has 1 heterocycles. The van der Waals surface area contributed by atoms with Crippen LogP contribution in [0.25, 0.3) is 0 Å². The highest BCUT2D eigenvalue weighted by atomic mass is 35.5. The number of benzene rings is 3. The van der Waals surface area contributed by atoms with Crippen LogP contribution >= 0.6 is 11.6 Å². The first-order valence-corrected chi connectivity index (χ1v) is 10.4. The molecule has 3 aromatic carbocycles. The lowest BCUT2D eigenvalue weighted by Gasteiger charge is -2.38. The third-order valence-corrected chi connectivity index (χ3v) is 5.71. The fraction of sp³-hybridized carbons (Fsp3) is 0.200. The quantitative estimate of drug-likeness (QED) is 0.597. The van der Waals surface area contributed by atoms with Gasteiger partial charge >= 0.3 is 0 Å². The van der Waals surface area contributed by atoms with Crippen LogP contribution < -0.4 is 14.4 Å². The number of carbonyl (C=O) groups is 1. The van der Waals surface area contributed by atoms with Gasteiger partial charge in [0.25, 0.3) is 0 Å². The van der Waals surface area contributed by atoms with Crippen LogP contribution in [0.1, 0.15) is 28.3 Å². The molecule has 0 radical (unpaired) electrons. The fourth-order valence-corrected chi connectivity index (χ4v) is 4.15. The highest BCUT2D eigenvalue weighted by molar-refractivity contribution is 6.30. The first-order valence-electron chi connectivity index (χ1n) is 10.0. The third-order valence-electron chi connectivity index (χ3n) is 5.46. The van der Waals surface area contributed by atoms with Gasteiger partial charge in [-0.3, -0.25) is 9.69 Å². The Morgan fingerprint density at radius 3 is 2.59 bits per heavy atom. The Labute approximate surface area is 191 Å². The second kappa shape index (κ2) is 8.81. The number of hydrogen-bond donors (Lipinski definition) is 1. The lowest BCUT2D eigenvalue weighted by molar-refractivity contribution is -0.118. The Morgan fingerprint density at radius 2 is 1.91 bits per heavy atom. The number of fused-ring (bicyclic) bond motifs is 1. The zero-order valence-corrected chi connectivity index (χ0v) is 18.4. The molecule has 1 aliphatic heterocycles. The molecule has 7 heteroatoms. The van der Waals surface area contributed by atoms with E-state index in [1.54, 1.807) is 35.2 Å². The molecule has 0 bridgehead atoms. The summed E-state index contributed by atoms with van der Waals surface area (Å²) in [5.41, 5.74) is 3.86. The van der Waals surface area contributed by atoms with E-state index in [0.717, 1.165) is 22.3 Å². The number of nitriles is 1. The van der Waals surface area contributed by atoms with Crippen LogP contribution in [0.5, 0.6) is 17.2 Å². The minimum atomic E-state index is -0.535. The molecule has 1 unspecified atom stereocenters. The van der Waals surface area contributed by atoms with E-state index in [1.165, 1.54) is 7.11 Å². The molecule has 0 saturated carbocycles. The van der Waals surface area contributed by atoms with Crippen molar-refractivity contribution in [3.05, 3.63) is 81.9 Å². The average Bonchev–Trinajstić information content (AvgIpc) is 2.78. The van der Waals surface area contributed by atoms with E-state index < -0.39 is 6.04 Å². The molecule has 0 saturated heterocycles. The van der Waals surface area contributed by atoms with Gasteiger partial charge in [0.15, 0.2) is 18.1 Å². The Balaban J connectivity index is 1.94. The summed E-state index contributed by atoms with van der Waals surface area (Å²) < 4.78 is 10.9. The summed E-state index contributed by atoms with van der Waals surface area (Å²) >= 11 is 6.11. The molecule has 1 N–H and O–H groups in total. The number of phenolic OH excluding ortho intramolecular Hbond substituents is 1. The van der Waals surface area contributed by atoms with Crippen molar-refractivity contribution in [1.82, 2.24) is 0 Å². The number of hydrogen-bond acceptors (Lipinski definition) is 5. The number of methoxy groups -OCH3 is 1. The van der Waals surface area contributed by atoms with Crippen molar-refractivity contribution < 1.29 is 19.4 Å². The Hall–Kier alpha value is -3.69. The van der Waals surface area contributed by atoms with Crippen molar-refractivity contribution in [1.29, 1.82) is 5.26 Å². The largest absolute Gasteiger partial charge is 0.504 e. The molecule has 4 rings (SSSR count). The van der Waals surface area contributed by atoms with Crippen LogP contribution in [0.2, 0.25) is 5.02 Å². The molecule has 32 heavy (non-hydrogen) atoms. The maximum atomic E-state index is 13.5. The van der Waals surface area contributed by atoms with Crippen molar-refractivity contribution in [2.24, 2.45) is 0 Å². The summed E-state index contributed by atoms with van der Waals surface area (Å²) in [6.45, 7) is 1.77. The van der Waals surface area contributed by atoms with E-state index in [9.17, 15) is 9.90 Å². The maximum absolute atomic E-state index is 13.5. The number of anilines is 1. The average molecular weight is 449 g/mol. The van der Waals surface area contributed by atoms with Crippen LogP contribution in [-0.4, -0.2) is 24.7 Å². The normalized spacial score (nSPS) is 15.1. The number of nitrogens with zero attached hydrogens (tertiary/aromatic N) is 2. The van der Waals surface area contributed by atoms with Crippen LogP contribution in [0.4, 0.5) is 5.69 Å². The van der Waals surface area contributed by atoms with Crippen LogP contribution in [-0.2, 0) is 11.2 Å². The summed E-state index contributed by atoms with van der Waals surface area (Å²) in [5.74, 6) is 0.605. The molecule has 6 nitrogen and oxygen atoms in total. The van der Waals surface area contributed by atoms with Crippen molar-refractivity contribution in [2.45, 2.75) is 19.4 Å². The zero-order valence-electron chi connectivity index (χ0n) is 17.6. The molecular formula is C25H21ClN2O4. The van der Waals surface area contributed by atoms with Crippen LogP contribution in [0.15, 0.2) is 54.6 Å². The standard InChI is InChI=1S/C25H21ClN2O4/c1-15-3-8-20(22(11-15)32-10-9-27)28-24(30)13-17-12-23(31-2)21(29)14-19(17)25(28)16-4-6-18(26)7-5-16/h3-8,11-12,14,25,29H,10,13H2,1-2H3. The Morgan fingerprint density at radius 1 is 1.16 bits per heavy atom. The number of ether oxygens (including phenoxy) is 2. The summed E-state index contributed by atoms with van der Waals surface area (Å²) in [5, 5.41) is 20.1. The predicted molar refractivity (Wildman–Crippen MR) is 121 cm³/mol. The number of carbonyl (C=O) groups excluding carboxylic acids is 1. The highest BCUT2D eigenvalue weighted by Crippen LogP contribution is 2.45. The van der Waals surface area contributed by atoms with Gasteiger partial charge < -0.3 is 14.6 Å². The molecule has 1 atom stereocenters. The Kier molecular flexibility index (Phi) is 5.93. The van der Waals surface area contributed by atoms with Gasteiger partial charge in [0, 0.05) is 5.02 Å². The molecule has 162 valence electrons. The molecule has 1 aliphatic rings. The topological polar surface area (TPSA) is 82.8 Å². The number of phenols is 1. The smallest absolute Gasteiger partial charge is 0.232 e. The molecule has 0 aliphatic carbocycles. The van der Waals surface area contributed by atoms with Crippen molar-refractivity contribution in [3.8, 4) is 23.3 Å². The number of amides is 1. The minimum absolute atomic E-state index is 0.00984. The van der Waals surface area contributed by atoms with E-state index in [4.69, 9.17) is 26.3 Å². The maximum Gasteiger partial charge on any atom is 0.232 e. The monoisotopic (exact) mass is 448 g/mol. The van der Waals surface area contributed by atoms with Crippen molar-refractivity contribution in [3.63, 3.8) is 0 Å². The third kappa shape index (κ3) is 3.95. The Bertz CT molecular complexity index is 1220. The lowest BCUT2D eigenvalue weighted by Crippen LogP contribution is -2.41.